The zero-order valence-corrected chi connectivity index (χ0v) is 17.6. The fourth-order valence-electron chi connectivity index (χ4n) is 4.89. The highest BCUT2D eigenvalue weighted by molar-refractivity contribution is 5.79. The van der Waals surface area contributed by atoms with Crippen LogP contribution in [0.5, 0.6) is 0 Å². The zero-order valence-electron chi connectivity index (χ0n) is 17.6. The lowest BCUT2D eigenvalue weighted by atomic mass is 9.74. The molecule has 0 bridgehead atoms. The minimum atomic E-state index is -0.199. The SMILES string of the molecule is CC(=O)N1CCc2ccccc2C1CC(=O)NCC1(c2ccccc2)CCOCC1. The van der Waals surface area contributed by atoms with Crippen molar-refractivity contribution in [3.05, 3.63) is 71.3 Å². The Balaban J connectivity index is 1.49. The molecule has 2 aliphatic rings. The summed E-state index contributed by atoms with van der Waals surface area (Å²) in [5.41, 5.74) is 3.48. The normalized spacial score (nSPS) is 20.3. The van der Waals surface area contributed by atoms with Crippen molar-refractivity contribution in [1.29, 1.82) is 0 Å². The van der Waals surface area contributed by atoms with Gasteiger partial charge in [-0.15, -0.1) is 0 Å². The number of carbonyl (C=O) groups excluding carboxylic acids is 2. The fraction of sp³-hybridized carbons (Fsp3) is 0.440. The maximum Gasteiger partial charge on any atom is 0.222 e. The molecule has 0 aromatic heterocycles. The van der Waals surface area contributed by atoms with E-state index in [1.165, 1.54) is 11.1 Å². The molecule has 0 radical (unpaired) electrons. The quantitative estimate of drug-likeness (QED) is 0.828. The summed E-state index contributed by atoms with van der Waals surface area (Å²) in [7, 11) is 0. The number of amides is 2. The van der Waals surface area contributed by atoms with Crippen LogP contribution in [-0.2, 0) is 26.2 Å². The van der Waals surface area contributed by atoms with E-state index in [1.807, 2.05) is 29.2 Å². The summed E-state index contributed by atoms with van der Waals surface area (Å²) in [4.78, 5) is 27.1. The predicted molar refractivity (Wildman–Crippen MR) is 116 cm³/mol. The molecule has 5 heteroatoms. The second kappa shape index (κ2) is 9.00. The third kappa shape index (κ3) is 4.26. The number of hydrogen-bond donors (Lipinski definition) is 1. The van der Waals surface area contributed by atoms with Crippen molar-refractivity contribution in [3.63, 3.8) is 0 Å². The molecule has 5 nitrogen and oxygen atoms in total. The first-order valence-corrected chi connectivity index (χ1v) is 10.8. The average Bonchev–Trinajstić information content (AvgIpc) is 2.79. The Kier molecular flexibility index (Phi) is 6.18. The standard InChI is InChI=1S/C25H30N2O3/c1-19(28)27-14-11-20-7-5-6-10-22(20)23(27)17-24(29)26-18-25(12-15-30-16-13-25)21-8-3-2-4-9-21/h2-10,23H,11-18H2,1H3,(H,26,29). The highest BCUT2D eigenvalue weighted by Crippen LogP contribution is 2.35. The van der Waals surface area contributed by atoms with Crippen molar-refractivity contribution in [2.75, 3.05) is 26.3 Å². The van der Waals surface area contributed by atoms with E-state index in [2.05, 4.69) is 35.6 Å². The number of benzene rings is 2. The molecule has 2 aromatic rings. The molecule has 4 rings (SSSR count). The first-order valence-electron chi connectivity index (χ1n) is 10.8. The maximum absolute atomic E-state index is 13.0. The Morgan fingerprint density at radius 1 is 1.07 bits per heavy atom. The summed E-state index contributed by atoms with van der Waals surface area (Å²) in [6.07, 6.45) is 2.91. The third-order valence-corrected chi connectivity index (χ3v) is 6.66. The van der Waals surface area contributed by atoms with Gasteiger partial charge in [0.25, 0.3) is 0 Å². The summed E-state index contributed by atoms with van der Waals surface area (Å²) in [6.45, 7) is 4.26. The molecule has 0 spiro atoms. The van der Waals surface area contributed by atoms with Gasteiger partial charge in [-0.25, -0.2) is 0 Å². The van der Waals surface area contributed by atoms with Crippen molar-refractivity contribution < 1.29 is 14.3 Å². The number of rotatable bonds is 5. The molecule has 1 N–H and O–H groups in total. The predicted octanol–water partition coefficient (Wildman–Crippen LogP) is 3.39. The van der Waals surface area contributed by atoms with Gasteiger partial charge in [0.05, 0.1) is 12.5 Å². The second-order valence-corrected chi connectivity index (χ2v) is 8.42. The average molecular weight is 407 g/mol. The molecular formula is C25H30N2O3. The molecule has 158 valence electrons. The molecular weight excluding hydrogens is 376 g/mol. The Labute approximate surface area is 178 Å². The van der Waals surface area contributed by atoms with Crippen LogP contribution in [0.3, 0.4) is 0 Å². The monoisotopic (exact) mass is 406 g/mol. The highest BCUT2D eigenvalue weighted by atomic mass is 16.5. The lowest BCUT2D eigenvalue weighted by Crippen LogP contribution is -2.46. The largest absolute Gasteiger partial charge is 0.381 e. The van der Waals surface area contributed by atoms with Crippen molar-refractivity contribution in [2.45, 2.75) is 44.1 Å². The van der Waals surface area contributed by atoms with Crippen LogP contribution >= 0.6 is 0 Å². The van der Waals surface area contributed by atoms with Gasteiger partial charge in [-0.3, -0.25) is 9.59 Å². The summed E-state index contributed by atoms with van der Waals surface area (Å²) in [5.74, 6) is 0.0113. The second-order valence-electron chi connectivity index (χ2n) is 8.42. The van der Waals surface area contributed by atoms with E-state index >= 15 is 0 Å². The number of nitrogens with one attached hydrogen (secondary N) is 1. The van der Waals surface area contributed by atoms with Gasteiger partial charge in [-0.1, -0.05) is 54.6 Å². The van der Waals surface area contributed by atoms with Crippen molar-refractivity contribution in [3.8, 4) is 0 Å². The minimum absolute atomic E-state index is 0.00949. The number of nitrogens with zero attached hydrogens (tertiary/aromatic N) is 1. The molecule has 30 heavy (non-hydrogen) atoms. The first kappa shape index (κ1) is 20.6. The van der Waals surface area contributed by atoms with Gasteiger partial charge >= 0.3 is 0 Å². The number of ether oxygens (including phenoxy) is 1. The molecule has 2 aliphatic heterocycles. The Morgan fingerprint density at radius 3 is 2.50 bits per heavy atom. The molecule has 1 unspecified atom stereocenters. The van der Waals surface area contributed by atoms with Crippen molar-refractivity contribution in [1.82, 2.24) is 10.2 Å². The van der Waals surface area contributed by atoms with Crippen LogP contribution in [0.4, 0.5) is 0 Å². The molecule has 1 atom stereocenters. The Hall–Kier alpha value is -2.66. The minimum Gasteiger partial charge on any atom is -0.381 e. The number of carbonyl (C=O) groups is 2. The lowest BCUT2D eigenvalue weighted by molar-refractivity contribution is -0.133. The molecule has 1 saturated heterocycles. The third-order valence-electron chi connectivity index (χ3n) is 6.66. The van der Waals surface area contributed by atoms with Gasteiger partial charge in [-0.05, 0) is 36.0 Å². The summed E-state index contributed by atoms with van der Waals surface area (Å²) < 4.78 is 5.60. The highest BCUT2D eigenvalue weighted by Gasteiger charge is 2.36. The van der Waals surface area contributed by atoms with Gasteiger partial charge in [0, 0.05) is 38.6 Å². The molecule has 2 aromatic carbocycles. The van der Waals surface area contributed by atoms with E-state index in [-0.39, 0.29) is 29.7 Å². The van der Waals surface area contributed by atoms with Gasteiger partial charge in [-0.2, -0.15) is 0 Å². The lowest BCUT2D eigenvalue weighted by Gasteiger charge is -2.39. The molecule has 2 amide bonds. The summed E-state index contributed by atoms with van der Waals surface area (Å²) in [5, 5.41) is 3.20. The number of hydrogen-bond acceptors (Lipinski definition) is 3. The summed E-state index contributed by atoms with van der Waals surface area (Å²) in [6, 6.07) is 18.4. The maximum atomic E-state index is 13.0. The van der Waals surface area contributed by atoms with E-state index in [4.69, 9.17) is 4.74 Å². The van der Waals surface area contributed by atoms with Crippen molar-refractivity contribution in [2.24, 2.45) is 0 Å². The summed E-state index contributed by atoms with van der Waals surface area (Å²) >= 11 is 0. The topological polar surface area (TPSA) is 58.6 Å². The van der Waals surface area contributed by atoms with Crippen molar-refractivity contribution >= 4 is 11.8 Å². The van der Waals surface area contributed by atoms with Gasteiger partial charge in [0.15, 0.2) is 0 Å². The van der Waals surface area contributed by atoms with Gasteiger partial charge in [0.2, 0.25) is 11.8 Å². The van der Waals surface area contributed by atoms with Crippen LogP contribution in [0, 0.1) is 0 Å². The molecule has 1 fully saturated rings. The van der Waals surface area contributed by atoms with Crippen LogP contribution in [0.25, 0.3) is 0 Å². The fourth-order valence-corrected chi connectivity index (χ4v) is 4.89. The van der Waals surface area contributed by atoms with E-state index in [0.29, 0.717) is 26.3 Å². The van der Waals surface area contributed by atoms with Gasteiger partial charge < -0.3 is 15.0 Å². The van der Waals surface area contributed by atoms with Crippen LogP contribution in [0.1, 0.15) is 48.9 Å². The van der Waals surface area contributed by atoms with E-state index < -0.39 is 0 Å². The molecule has 0 aliphatic carbocycles. The molecule has 2 heterocycles. The van der Waals surface area contributed by atoms with Crippen LogP contribution in [0.2, 0.25) is 0 Å². The van der Waals surface area contributed by atoms with E-state index in [0.717, 1.165) is 24.8 Å². The smallest absolute Gasteiger partial charge is 0.222 e. The van der Waals surface area contributed by atoms with Crippen LogP contribution in [0.15, 0.2) is 54.6 Å². The first-order chi connectivity index (χ1) is 14.6. The van der Waals surface area contributed by atoms with E-state index in [1.54, 1.807) is 6.92 Å². The van der Waals surface area contributed by atoms with Crippen LogP contribution in [-0.4, -0.2) is 43.0 Å². The Bertz CT molecular complexity index is 890. The zero-order chi connectivity index (χ0) is 21.0. The Morgan fingerprint density at radius 2 is 1.77 bits per heavy atom. The van der Waals surface area contributed by atoms with E-state index in [9.17, 15) is 9.59 Å². The number of fused-ring (bicyclic) bond motifs is 1. The van der Waals surface area contributed by atoms with Crippen LogP contribution < -0.4 is 5.32 Å². The van der Waals surface area contributed by atoms with Gasteiger partial charge in [0.1, 0.15) is 0 Å². The molecule has 0 saturated carbocycles.